The minimum Gasteiger partial charge on any atom is -0.396 e. The van der Waals surface area contributed by atoms with E-state index in [0.29, 0.717) is 25.3 Å². The van der Waals surface area contributed by atoms with Crippen molar-refractivity contribution in [3.8, 4) is 0 Å². The van der Waals surface area contributed by atoms with Gasteiger partial charge < -0.3 is 16.0 Å². The van der Waals surface area contributed by atoms with Crippen LogP contribution >= 0.6 is 0 Å². The number of carbonyl (C=O) groups is 2. The predicted octanol–water partition coefficient (Wildman–Crippen LogP) is 0.0834. The summed E-state index contributed by atoms with van der Waals surface area (Å²) in [6.45, 7) is 7.52. The van der Waals surface area contributed by atoms with Gasteiger partial charge in [-0.1, -0.05) is 0 Å². The van der Waals surface area contributed by atoms with Crippen molar-refractivity contribution in [2.24, 2.45) is 0 Å². The van der Waals surface area contributed by atoms with E-state index in [9.17, 15) is 9.59 Å². The third-order valence-electron chi connectivity index (χ3n) is 2.85. The average molecular weight is 267 g/mol. The molecule has 1 heterocycles. The average Bonchev–Trinajstić information content (AvgIpc) is 2.78. The first kappa shape index (κ1) is 15.0. The molecule has 7 heteroatoms. The molecule has 1 rings (SSSR count). The highest BCUT2D eigenvalue weighted by Crippen LogP contribution is 2.08. The molecule has 1 aromatic heterocycles. The van der Waals surface area contributed by atoms with Crippen LogP contribution in [0, 0.1) is 0 Å². The molecule has 0 saturated carbocycles. The fourth-order valence-corrected chi connectivity index (χ4v) is 1.70. The van der Waals surface area contributed by atoms with Crippen molar-refractivity contribution in [2.45, 2.75) is 27.3 Å². The van der Waals surface area contributed by atoms with Crippen LogP contribution in [-0.4, -0.2) is 46.1 Å². The van der Waals surface area contributed by atoms with Crippen LogP contribution in [0.5, 0.6) is 0 Å². The number of nitrogens with two attached hydrogens (primary N) is 1. The van der Waals surface area contributed by atoms with Gasteiger partial charge in [0, 0.05) is 25.8 Å². The zero-order chi connectivity index (χ0) is 14.4. The third kappa shape index (κ3) is 3.70. The molecule has 0 atom stereocenters. The Bertz CT molecular complexity index is 451. The van der Waals surface area contributed by atoms with Crippen molar-refractivity contribution in [1.82, 2.24) is 20.0 Å². The maximum Gasteiger partial charge on any atom is 0.274 e. The molecule has 2 amide bonds. The lowest BCUT2D eigenvalue weighted by atomic mass is 10.3. The minimum absolute atomic E-state index is 0.0427. The van der Waals surface area contributed by atoms with Crippen molar-refractivity contribution in [2.75, 3.05) is 25.4 Å². The molecule has 0 saturated heterocycles. The van der Waals surface area contributed by atoms with E-state index >= 15 is 0 Å². The van der Waals surface area contributed by atoms with Gasteiger partial charge in [-0.05, 0) is 20.8 Å². The Morgan fingerprint density at radius 1 is 1.37 bits per heavy atom. The number of amides is 2. The normalized spacial score (nSPS) is 10.3. The van der Waals surface area contributed by atoms with Crippen LogP contribution in [0.4, 0.5) is 5.69 Å². The number of hydrogen-bond donors (Lipinski definition) is 2. The van der Waals surface area contributed by atoms with Crippen molar-refractivity contribution in [3.05, 3.63) is 11.9 Å². The third-order valence-corrected chi connectivity index (χ3v) is 2.85. The van der Waals surface area contributed by atoms with Crippen LogP contribution in [0.15, 0.2) is 6.20 Å². The summed E-state index contributed by atoms with van der Waals surface area (Å²) in [6, 6.07) is 0. The molecule has 106 valence electrons. The molecule has 7 nitrogen and oxygen atoms in total. The first-order valence-corrected chi connectivity index (χ1v) is 6.42. The van der Waals surface area contributed by atoms with Crippen LogP contribution in [0.1, 0.15) is 31.3 Å². The number of aromatic nitrogens is 2. The van der Waals surface area contributed by atoms with E-state index in [1.807, 2.05) is 20.8 Å². The molecule has 0 aliphatic rings. The van der Waals surface area contributed by atoms with Gasteiger partial charge in [0.1, 0.15) is 0 Å². The van der Waals surface area contributed by atoms with E-state index < -0.39 is 5.91 Å². The summed E-state index contributed by atoms with van der Waals surface area (Å²) in [5.74, 6) is -0.544. The summed E-state index contributed by atoms with van der Waals surface area (Å²) in [5.41, 5.74) is 6.17. The molecular weight excluding hydrogens is 246 g/mol. The second-order valence-electron chi connectivity index (χ2n) is 4.04. The van der Waals surface area contributed by atoms with Crippen LogP contribution in [-0.2, 0) is 11.3 Å². The second kappa shape index (κ2) is 6.77. The van der Waals surface area contributed by atoms with E-state index in [2.05, 4.69) is 10.4 Å². The van der Waals surface area contributed by atoms with E-state index in [1.165, 1.54) is 0 Å². The van der Waals surface area contributed by atoms with E-state index in [4.69, 9.17) is 5.73 Å². The number of likely N-dealkylation sites (N-methyl/N-ethyl adjacent to an activating group) is 1. The van der Waals surface area contributed by atoms with Gasteiger partial charge >= 0.3 is 0 Å². The molecule has 3 N–H and O–H groups in total. The fourth-order valence-electron chi connectivity index (χ4n) is 1.70. The van der Waals surface area contributed by atoms with Gasteiger partial charge in [-0.25, -0.2) is 0 Å². The number of anilines is 1. The standard InChI is InChI=1S/C12H21N5O2/c1-4-16(5-2)10(18)7-14-12(19)11-9(13)8-17(6-3)15-11/h8H,4-7,13H2,1-3H3,(H,14,19). The van der Waals surface area contributed by atoms with Gasteiger partial charge in [-0.3, -0.25) is 14.3 Å². The summed E-state index contributed by atoms with van der Waals surface area (Å²) in [5, 5.41) is 6.59. The number of nitrogens with one attached hydrogen (secondary N) is 1. The number of rotatable bonds is 6. The Labute approximate surface area is 112 Å². The lowest BCUT2D eigenvalue weighted by Gasteiger charge is -2.18. The summed E-state index contributed by atoms with van der Waals surface area (Å²) in [6.07, 6.45) is 1.60. The number of carbonyl (C=O) groups excluding carboxylic acids is 2. The van der Waals surface area contributed by atoms with Crippen molar-refractivity contribution in [1.29, 1.82) is 0 Å². The quantitative estimate of drug-likeness (QED) is 0.763. The van der Waals surface area contributed by atoms with E-state index in [1.54, 1.807) is 15.8 Å². The van der Waals surface area contributed by atoms with E-state index in [0.717, 1.165) is 0 Å². The number of nitrogens with zero attached hydrogens (tertiary/aromatic N) is 3. The first-order valence-electron chi connectivity index (χ1n) is 6.42. The maximum absolute atomic E-state index is 11.9. The zero-order valence-corrected chi connectivity index (χ0v) is 11.6. The van der Waals surface area contributed by atoms with Gasteiger partial charge in [0.25, 0.3) is 5.91 Å². The zero-order valence-electron chi connectivity index (χ0n) is 11.6. The first-order chi connectivity index (χ1) is 9.03. The molecule has 0 spiro atoms. The molecule has 0 aliphatic heterocycles. The van der Waals surface area contributed by atoms with Crippen molar-refractivity contribution < 1.29 is 9.59 Å². The highest BCUT2D eigenvalue weighted by atomic mass is 16.2. The largest absolute Gasteiger partial charge is 0.396 e. The Balaban J connectivity index is 2.60. The van der Waals surface area contributed by atoms with Crippen molar-refractivity contribution >= 4 is 17.5 Å². The lowest BCUT2D eigenvalue weighted by molar-refractivity contribution is -0.129. The highest BCUT2D eigenvalue weighted by Gasteiger charge is 2.16. The molecule has 19 heavy (non-hydrogen) atoms. The summed E-state index contributed by atoms with van der Waals surface area (Å²) < 4.78 is 1.58. The number of nitrogen functional groups attached to an aromatic ring is 1. The monoisotopic (exact) mass is 267 g/mol. The van der Waals surface area contributed by atoms with Crippen LogP contribution in [0.2, 0.25) is 0 Å². The van der Waals surface area contributed by atoms with E-state index in [-0.39, 0.29) is 18.1 Å². The minimum atomic E-state index is -0.426. The molecule has 1 aromatic rings. The molecule has 0 radical (unpaired) electrons. The van der Waals surface area contributed by atoms with Gasteiger partial charge in [-0.2, -0.15) is 5.10 Å². The van der Waals surface area contributed by atoms with Crippen LogP contribution in [0.3, 0.4) is 0 Å². The summed E-state index contributed by atoms with van der Waals surface area (Å²) in [4.78, 5) is 25.2. The fraction of sp³-hybridized carbons (Fsp3) is 0.583. The van der Waals surface area contributed by atoms with Crippen molar-refractivity contribution in [3.63, 3.8) is 0 Å². The van der Waals surface area contributed by atoms with Crippen LogP contribution in [0.25, 0.3) is 0 Å². The maximum atomic E-state index is 11.9. The molecule has 0 aliphatic carbocycles. The molecule has 0 fully saturated rings. The SMILES string of the molecule is CCN(CC)C(=O)CNC(=O)c1nn(CC)cc1N. The molecule has 0 bridgehead atoms. The predicted molar refractivity (Wildman–Crippen MR) is 72.6 cm³/mol. The van der Waals surface area contributed by atoms with Gasteiger partial charge in [0.15, 0.2) is 5.69 Å². The van der Waals surface area contributed by atoms with Crippen LogP contribution < -0.4 is 11.1 Å². The van der Waals surface area contributed by atoms with Gasteiger partial charge in [-0.15, -0.1) is 0 Å². The number of aryl methyl sites for hydroxylation is 1. The molecular formula is C12H21N5O2. The highest BCUT2D eigenvalue weighted by molar-refractivity contribution is 5.98. The Morgan fingerprint density at radius 3 is 2.47 bits per heavy atom. The second-order valence-corrected chi connectivity index (χ2v) is 4.04. The Kier molecular flexibility index (Phi) is 5.35. The van der Waals surface area contributed by atoms with Gasteiger partial charge in [0.2, 0.25) is 5.91 Å². The lowest BCUT2D eigenvalue weighted by Crippen LogP contribution is -2.40. The Morgan fingerprint density at radius 2 is 2.00 bits per heavy atom. The smallest absolute Gasteiger partial charge is 0.274 e. The Hall–Kier alpha value is -2.05. The molecule has 0 aromatic carbocycles. The number of hydrogen-bond acceptors (Lipinski definition) is 4. The summed E-state index contributed by atoms with van der Waals surface area (Å²) in [7, 11) is 0. The van der Waals surface area contributed by atoms with Gasteiger partial charge in [0.05, 0.1) is 12.2 Å². The molecule has 0 unspecified atom stereocenters. The topological polar surface area (TPSA) is 93.2 Å². The summed E-state index contributed by atoms with van der Waals surface area (Å²) >= 11 is 0.